The third-order valence-corrected chi connectivity index (χ3v) is 11.7. The van der Waals surface area contributed by atoms with Crippen molar-refractivity contribution in [3.63, 3.8) is 0 Å². The van der Waals surface area contributed by atoms with Crippen molar-refractivity contribution >= 4 is 65.7 Å². The number of nitrogens with zero attached hydrogens (tertiary/aromatic N) is 4. The number of rotatable bonds is 6. The Labute approximate surface area is 324 Å². The molecule has 16 heteroatoms. The van der Waals surface area contributed by atoms with E-state index < -0.39 is 48.5 Å². The van der Waals surface area contributed by atoms with E-state index in [2.05, 4.69) is 20.9 Å². The van der Waals surface area contributed by atoms with E-state index in [0.717, 1.165) is 30.7 Å². The first-order chi connectivity index (χ1) is 22.6. The van der Waals surface area contributed by atoms with Gasteiger partial charge in [0.15, 0.2) is 0 Å². The third kappa shape index (κ3) is 5.93. The van der Waals surface area contributed by atoms with E-state index in [1.807, 2.05) is 22.6 Å². The van der Waals surface area contributed by atoms with Crippen LogP contribution in [0.4, 0.5) is 32.8 Å². The molecule has 6 heterocycles. The van der Waals surface area contributed by atoms with Crippen LogP contribution in [0.5, 0.6) is 11.8 Å². The van der Waals surface area contributed by atoms with Gasteiger partial charge in [0.25, 0.3) is 6.43 Å². The molecule has 2 unspecified atom stereocenters. The molecule has 4 atom stereocenters. The van der Waals surface area contributed by atoms with Crippen molar-refractivity contribution in [1.82, 2.24) is 14.9 Å². The van der Waals surface area contributed by atoms with Gasteiger partial charge < -0.3 is 24.8 Å². The molecule has 3 fully saturated rings. The summed E-state index contributed by atoms with van der Waals surface area (Å²) in [4.78, 5) is 12.8. The van der Waals surface area contributed by atoms with Gasteiger partial charge in [-0.1, -0.05) is 0 Å². The Morgan fingerprint density at radius 3 is 2.88 bits per heavy atom. The monoisotopic (exact) mass is 926 g/mol. The van der Waals surface area contributed by atoms with Crippen molar-refractivity contribution in [2.75, 3.05) is 50.1 Å². The molecule has 2 aromatic heterocycles. The summed E-state index contributed by atoms with van der Waals surface area (Å²) in [5.74, 6) is -1.01. The summed E-state index contributed by atoms with van der Waals surface area (Å²) in [6.45, 7) is 0.998. The number of fused-ring (bicyclic) bond motifs is 3. The normalized spacial score (nSPS) is 25.5. The van der Waals surface area contributed by atoms with E-state index >= 15 is 4.39 Å². The topological polar surface area (TPSA) is 86.0 Å². The van der Waals surface area contributed by atoms with Crippen molar-refractivity contribution in [2.45, 2.75) is 62.4 Å². The number of halogens is 6. The van der Waals surface area contributed by atoms with Gasteiger partial charge in [-0.3, -0.25) is 4.90 Å². The molecule has 2 aromatic carbocycles. The molecule has 4 aliphatic rings. The van der Waals surface area contributed by atoms with E-state index in [-0.39, 0.29) is 98.7 Å². The summed E-state index contributed by atoms with van der Waals surface area (Å²) >= 11 is 2.97. The number of alkyl halides is 3. The average Bonchev–Trinajstić information content (AvgIpc) is 3.61. The van der Waals surface area contributed by atoms with Crippen molar-refractivity contribution in [3.05, 3.63) is 33.4 Å². The number of hydrogen-bond donors (Lipinski definition) is 1. The number of hydrogen-bond acceptors (Lipinski definition) is 9. The summed E-state index contributed by atoms with van der Waals surface area (Å²) in [6, 6.07) is 4.88. The Balaban J connectivity index is 0.00000364. The zero-order valence-corrected chi connectivity index (χ0v) is 31.6. The summed E-state index contributed by atoms with van der Waals surface area (Å²) in [7, 11) is 0. The van der Waals surface area contributed by atoms with E-state index in [1.165, 1.54) is 17.0 Å². The molecule has 0 bridgehead atoms. The predicted molar refractivity (Wildman–Crippen MR) is 176 cm³/mol. The fraction of sp³-hybridized carbons (Fsp3) is 0.500. The van der Waals surface area contributed by atoms with Crippen molar-refractivity contribution < 1.29 is 77.9 Å². The maximum atomic E-state index is 17.1. The fourth-order valence-electron chi connectivity index (χ4n) is 7.79. The van der Waals surface area contributed by atoms with Crippen LogP contribution in [-0.2, 0) is 4.74 Å². The van der Waals surface area contributed by atoms with Crippen molar-refractivity contribution in [3.8, 4) is 22.9 Å². The average molecular weight is 927 g/mol. The zero-order valence-electron chi connectivity index (χ0n) is 25.5. The first kappa shape index (κ1) is 35.0. The maximum Gasteiger partial charge on any atom is 0.319 e. The minimum absolute atomic E-state index is 0. The second-order valence-corrected chi connectivity index (χ2v) is 14.8. The molecule has 0 amide bonds. The van der Waals surface area contributed by atoms with E-state index in [1.54, 1.807) is 0 Å². The third-order valence-electron chi connectivity index (χ3n) is 9.79. The molecule has 8 rings (SSSR count). The van der Waals surface area contributed by atoms with Crippen LogP contribution in [0.3, 0.4) is 0 Å². The van der Waals surface area contributed by atoms with Crippen LogP contribution in [0.2, 0.25) is 0 Å². The second-order valence-electron chi connectivity index (χ2n) is 12.6. The summed E-state index contributed by atoms with van der Waals surface area (Å²) in [6.07, 6.45) is -1.44. The van der Waals surface area contributed by atoms with Crippen LogP contribution in [0.1, 0.15) is 32.1 Å². The molecule has 254 valence electrons. The number of ether oxygens (including phenoxy) is 3. The number of nitrogens with two attached hydrogens (primary N) is 1. The predicted octanol–water partition coefficient (Wildman–Crippen LogP) is 6.74. The Kier molecular flexibility index (Phi) is 9.95. The molecule has 48 heavy (non-hydrogen) atoms. The Morgan fingerprint density at radius 1 is 1.23 bits per heavy atom. The number of benzene rings is 2. The minimum Gasteiger partial charge on any atom is -0.484 e. The molecule has 0 aliphatic carbocycles. The number of aromatic nitrogens is 2. The van der Waals surface area contributed by atoms with Gasteiger partial charge in [-0.05, 0) is 71.1 Å². The molecular formula is C32H30CeF5IN5O3S-. The van der Waals surface area contributed by atoms with Gasteiger partial charge in [-0.2, -0.15) is 26.7 Å². The Hall–Kier alpha value is -1.38. The van der Waals surface area contributed by atoms with Gasteiger partial charge >= 0.3 is 6.01 Å². The largest absolute Gasteiger partial charge is 0.484 e. The molecule has 0 radical (unpaired) electrons. The number of thiophene rings is 1. The molecule has 0 saturated carbocycles. The molecule has 8 nitrogen and oxygen atoms in total. The second kappa shape index (κ2) is 13.6. The van der Waals surface area contributed by atoms with E-state index in [9.17, 15) is 17.6 Å². The van der Waals surface area contributed by atoms with Crippen LogP contribution >= 0.6 is 33.9 Å². The standard InChI is InChI=1S/C32H30F5IN5O3S.Ce/c33-15-10-32(6-2-7-42(32)11-15)14-45-31-40-27-24-28(46-20-13-44-8-1-3-19(20)43(12-21(35)36)30(24)41-31)26(38)23(25(27)37)16-4-5-18(34)29-17(16)9-22(39)47-29;/h4-5,15,19-21H,1-3,6-8,10-14,39H2;/q-1;/t15-,19?,20?,32+;/m1./s1. The van der Waals surface area contributed by atoms with Gasteiger partial charge in [0, 0.05) is 66.3 Å². The smallest absolute Gasteiger partial charge is 0.319 e. The number of anilines is 2. The Bertz CT molecular complexity index is 1890. The molecule has 4 aromatic rings. The van der Waals surface area contributed by atoms with Crippen molar-refractivity contribution in [2.24, 2.45) is 0 Å². The molecule has 0 spiro atoms. The zero-order chi connectivity index (χ0) is 32.6. The van der Waals surface area contributed by atoms with E-state index in [0.29, 0.717) is 46.9 Å². The van der Waals surface area contributed by atoms with Crippen LogP contribution in [0, 0.1) is 63.0 Å². The van der Waals surface area contributed by atoms with Crippen LogP contribution in [0.25, 0.3) is 32.1 Å². The summed E-state index contributed by atoms with van der Waals surface area (Å²) in [5.41, 5.74) is 5.67. The van der Waals surface area contributed by atoms with Crippen LogP contribution in [0.15, 0.2) is 12.1 Å². The first-order valence-corrected chi connectivity index (χ1v) is 17.5. The minimum atomic E-state index is -2.74. The molecular weight excluding hydrogens is 896 g/mol. The SMILES string of the molecule is Nc1[c-]c2c(-c3c(I)c4c5c(nc(OC[C@@]67CCCN6C[C@H](F)C7)nc5c3F)N(CC(F)F)C3CCCOCC3O4)ccc(F)c2s1.[Ce]. The quantitative estimate of drug-likeness (QED) is 0.129. The van der Waals surface area contributed by atoms with Gasteiger partial charge in [0.1, 0.15) is 41.8 Å². The van der Waals surface area contributed by atoms with Crippen LogP contribution < -0.4 is 20.1 Å². The van der Waals surface area contributed by atoms with Crippen molar-refractivity contribution in [1.29, 1.82) is 0 Å². The number of nitrogen functional groups attached to an aromatic ring is 1. The Morgan fingerprint density at radius 2 is 2.06 bits per heavy atom. The fourth-order valence-corrected chi connectivity index (χ4v) is 9.51. The van der Waals surface area contributed by atoms with E-state index in [4.69, 9.17) is 19.9 Å². The molecule has 3 saturated heterocycles. The van der Waals surface area contributed by atoms with Gasteiger partial charge in [0.2, 0.25) is 0 Å². The molecule has 2 N–H and O–H groups in total. The molecule has 4 aliphatic heterocycles. The first-order valence-electron chi connectivity index (χ1n) is 15.6. The summed E-state index contributed by atoms with van der Waals surface area (Å²) in [5, 5.41) is 0.669. The maximum absolute atomic E-state index is 17.1. The van der Waals surface area contributed by atoms with Crippen LogP contribution in [-0.4, -0.2) is 84.6 Å². The van der Waals surface area contributed by atoms with Gasteiger partial charge in [-0.25, -0.2) is 22.0 Å². The van der Waals surface area contributed by atoms with Gasteiger partial charge in [-0.15, -0.1) is 17.7 Å². The van der Waals surface area contributed by atoms with Gasteiger partial charge in [0.05, 0.1) is 39.5 Å². The summed E-state index contributed by atoms with van der Waals surface area (Å²) < 4.78 is 94.2.